The molecule has 56 valence electrons. The maximum Gasteiger partial charge on any atom is 0.316 e. The monoisotopic (exact) mass is 160 g/mol. The number of carbonyl (C=O) groups is 1. The second-order valence-electron chi connectivity index (χ2n) is 2.19. The maximum absolute atomic E-state index is 9.98. The second-order valence-corrected chi connectivity index (χ2v) is 2.19. The van der Waals surface area contributed by atoms with Gasteiger partial charge >= 0.3 is 23.1 Å². The van der Waals surface area contributed by atoms with Gasteiger partial charge in [-0.05, 0) is 12.0 Å². The van der Waals surface area contributed by atoms with Crippen LogP contribution in [0.3, 0.4) is 0 Å². The largest absolute Gasteiger partial charge is 0.316 e. The third-order valence-corrected chi connectivity index (χ3v) is 1.39. The molecule has 0 fully saturated rings. The Labute approximate surface area is 83.0 Å². The van der Waals surface area contributed by atoms with Crippen LogP contribution in [-0.2, 0) is 11.2 Å². The number of hydrogen-bond donors (Lipinski definition) is 0. The van der Waals surface area contributed by atoms with Crippen LogP contribution in [0.25, 0.3) is 0 Å². The normalized spacial score (nSPS) is 8.36. The average molecular weight is 160 g/mol. The van der Waals surface area contributed by atoms with E-state index in [1.807, 2.05) is 30.3 Å². The molecule has 1 nitrogen and oxygen atoms in total. The van der Waals surface area contributed by atoms with E-state index in [0.29, 0.717) is 6.42 Å². The van der Waals surface area contributed by atoms with E-state index in [9.17, 15) is 4.79 Å². The van der Waals surface area contributed by atoms with E-state index in [1.54, 1.807) is 0 Å². The van der Waals surface area contributed by atoms with Crippen LogP contribution in [0.2, 0.25) is 0 Å². The zero-order valence-corrected chi connectivity index (χ0v) is 5.79. The van der Waals surface area contributed by atoms with E-state index < -0.39 is 0 Å². The minimum atomic E-state index is 0. The molecule has 0 bridgehead atoms. The topological polar surface area (TPSA) is 17.1 Å². The van der Waals surface area contributed by atoms with Crippen molar-refractivity contribution in [1.82, 2.24) is 0 Å². The Morgan fingerprint density at radius 3 is 2.36 bits per heavy atom. The van der Waals surface area contributed by atoms with Crippen molar-refractivity contribution in [3.63, 3.8) is 0 Å². The van der Waals surface area contributed by atoms with Gasteiger partial charge in [0, 0.05) is 6.42 Å². The van der Waals surface area contributed by atoms with Gasteiger partial charge < -0.3 is 4.79 Å². The molecule has 1 aromatic rings. The summed E-state index contributed by atoms with van der Waals surface area (Å²) in [6.07, 6.45) is 2.45. The number of carbonyl (C=O) groups excluding carboxylic acids is 1. The van der Waals surface area contributed by atoms with Gasteiger partial charge in [-0.2, -0.15) is 0 Å². The van der Waals surface area contributed by atoms with E-state index >= 15 is 0 Å². The van der Waals surface area contributed by atoms with Gasteiger partial charge in [0.25, 0.3) is 0 Å². The Bertz CT molecular complexity index is 196. The second kappa shape index (κ2) is 6.37. The van der Waals surface area contributed by atoms with Gasteiger partial charge in [-0.25, -0.2) is 0 Å². The van der Waals surface area contributed by atoms with Crippen LogP contribution in [0.1, 0.15) is 12.0 Å². The van der Waals surface area contributed by atoms with Crippen molar-refractivity contribution in [2.24, 2.45) is 0 Å². The molecule has 0 N–H and O–H groups in total. The molecule has 0 unspecified atom stereocenters. The molecule has 0 saturated heterocycles. The molecule has 0 amide bonds. The summed E-state index contributed by atoms with van der Waals surface area (Å²) in [5.41, 5.74) is 1.23. The molecule has 0 aromatic heterocycles. The Kier molecular flexibility index (Phi) is 6.17. The first kappa shape index (κ1) is 10.7. The molecular weight excluding hydrogens is 148 g/mol. The lowest BCUT2D eigenvalue weighted by Gasteiger charge is -1.93. The van der Waals surface area contributed by atoms with Crippen LogP contribution < -0.4 is 0 Å². The van der Waals surface area contributed by atoms with Gasteiger partial charge in [-0.3, -0.25) is 0 Å². The van der Waals surface area contributed by atoms with Crippen LogP contribution in [0, 0.1) is 0 Å². The van der Waals surface area contributed by atoms with E-state index in [2.05, 4.69) is 0 Å². The predicted molar refractivity (Wildman–Crippen MR) is 49.4 cm³/mol. The van der Waals surface area contributed by atoms with Gasteiger partial charge in [-0.1, -0.05) is 30.3 Å². The molecule has 2 heteroatoms. The van der Waals surface area contributed by atoms with Gasteiger partial charge in [0.2, 0.25) is 0 Å². The number of aryl methyl sites for hydroxylation is 1. The first-order valence-corrected chi connectivity index (χ1v) is 3.41. The number of rotatable bonds is 3. The Morgan fingerprint density at radius 1 is 1.18 bits per heavy atom. The minimum absolute atomic E-state index is 0. The lowest BCUT2D eigenvalue weighted by Crippen LogP contribution is -1.83. The highest BCUT2D eigenvalue weighted by Crippen LogP contribution is 1.99. The first-order chi connectivity index (χ1) is 4.93. The molecule has 0 atom stereocenters. The summed E-state index contributed by atoms with van der Waals surface area (Å²) >= 11 is 0. The van der Waals surface area contributed by atoms with Crippen molar-refractivity contribution >= 4 is 29.3 Å². The van der Waals surface area contributed by atoms with Crippen molar-refractivity contribution in [2.45, 2.75) is 12.8 Å². The summed E-state index contributed by atoms with van der Waals surface area (Å²) in [5.74, 6) is 0. The minimum Gasteiger partial charge on any atom is -0.303 e. The molecule has 0 spiro atoms. The van der Waals surface area contributed by atoms with Crippen molar-refractivity contribution in [1.29, 1.82) is 0 Å². The molecular formula is C9H12MgO. The van der Waals surface area contributed by atoms with Gasteiger partial charge in [0.15, 0.2) is 0 Å². The highest BCUT2D eigenvalue weighted by atomic mass is 24.3. The SMILES string of the molecule is O=CCCc1ccccc1.[MgH2]. The number of aldehydes is 1. The van der Waals surface area contributed by atoms with Gasteiger partial charge in [0.1, 0.15) is 6.29 Å². The molecule has 0 aliphatic carbocycles. The fourth-order valence-corrected chi connectivity index (χ4v) is 0.870. The van der Waals surface area contributed by atoms with Crippen LogP contribution in [0.5, 0.6) is 0 Å². The predicted octanol–water partition coefficient (Wildman–Crippen LogP) is 0.902. The zero-order chi connectivity index (χ0) is 7.23. The van der Waals surface area contributed by atoms with E-state index in [1.165, 1.54) is 5.56 Å². The lowest BCUT2D eigenvalue weighted by molar-refractivity contribution is -0.107. The van der Waals surface area contributed by atoms with Crippen LogP contribution >= 0.6 is 0 Å². The van der Waals surface area contributed by atoms with Crippen molar-refractivity contribution in [2.75, 3.05) is 0 Å². The smallest absolute Gasteiger partial charge is 0.303 e. The summed E-state index contributed by atoms with van der Waals surface area (Å²) in [6.45, 7) is 0. The number of hydrogen-bond acceptors (Lipinski definition) is 1. The van der Waals surface area contributed by atoms with Crippen molar-refractivity contribution in [3.05, 3.63) is 35.9 Å². The van der Waals surface area contributed by atoms with Gasteiger partial charge in [-0.15, -0.1) is 0 Å². The van der Waals surface area contributed by atoms with Crippen molar-refractivity contribution in [3.8, 4) is 0 Å². The standard InChI is InChI=1S/C9H10O.Mg.2H/c10-8-4-7-9-5-2-1-3-6-9;;;/h1-3,5-6,8H,4,7H2;;;. The van der Waals surface area contributed by atoms with Crippen LogP contribution in [0.15, 0.2) is 30.3 Å². The summed E-state index contributed by atoms with van der Waals surface area (Å²) in [7, 11) is 0. The Hall–Kier alpha value is -0.344. The first-order valence-electron chi connectivity index (χ1n) is 3.41. The van der Waals surface area contributed by atoms with E-state index in [-0.39, 0.29) is 23.1 Å². The quantitative estimate of drug-likeness (QED) is 0.474. The van der Waals surface area contributed by atoms with E-state index in [0.717, 1.165) is 12.7 Å². The van der Waals surface area contributed by atoms with Crippen LogP contribution in [0.4, 0.5) is 0 Å². The summed E-state index contributed by atoms with van der Waals surface area (Å²) in [4.78, 5) is 9.98. The molecule has 0 radical (unpaired) electrons. The maximum atomic E-state index is 9.98. The molecule has 0 aliphatic heterocycles. The Morgan fingerprint density at radius 2 is 1.82 bits per heavy atom. The fourth-order valence-electron chi connectivity index (χ4n) is 0.870. The molecule has 0 saturated carbocycles. The third kappa shape index (κ3) is 4.17. The summed E-state index contributed by atoms with van der Waals surface area (Å²) in [6, 6.07) is 10.0. The Balaban J connectivity index is 0.000001000. The van der Waals surface area contributed by atoms with Crippen LogP contribution in [-0.4, -0.2) is 29.3 Å². The average Bonchev–Trinajstić information content (AvgIpc) is 2.03. The molecule has 1 aromatic carbocycles. The molecule has 0 aliphatic rings. The number of benzene rings is 1. The highest BCUT2D eigenvalue weighted by molar-refractivity contribution is 5.75. The van der Waals surface area contributed by atoms with Gasteiger partial charge in [0.05, 0.1) is 0 Å². The molecule has 11 heavy (non-hydrogen) atoms. The third-order valence-electron chi connectivity index (χ3n) is 1.39. The van der Waals surface area contributed by atoms with E-state index in [4.69, 9.17) is 0 Å². The molecule has 1 rings (SSSR count). The summed E-state index contributed by atoms with van der Waals surface area (Å²) < 4.78 is 0. The summed E-state index contributed by atoms with van der Waals surface area (Å²) in [5, 5.41) is 0. The molecule has 0 heterocycles. The highest BCUT2D eigenvalue weighted by Gasteiger charge is 1.87. The zero-order valence-electron chi connectivity index (χ0n) is 5.79. The fraction of sp³-hybridized carbons (Fsp3) is 0.222. The van der Waals surface area contributed by atoms with Crippen molar-refractivity contribution < 1.29 is 4.79 Å². The lowest BCUT2D eigenvalue weighted by atomic mass is 10.1.